The molecular formula is C25H23F2N5O. The van der Waals surface area contributed by atoms with Crippen molar-refractivity contribution in [2.75, 3.05) is 18.0 Å². The molecule has 2 aliphatic heterocycles. The first-order valence-corrected chi connectivity index (χ1v) is 10.9. The van der Waals surface area contributed by atoms with Gasteiger partial charge in [0, 0.05) is 32.7 Å². The minimum absolute atomic E-state index is 0.0634. The highest BCUT2D eigenvalue weighted by Gasteiger charge is 2.46. The van der Waals surface area contributed by atoms with E-state index in [0.717, 1.165) is 16.7 Å². The molecule has 33 heavy (non-hydrogen) atoms. The highest BCUT2D eigenvalue weighted by molar-refractivity contribution is 5.47. The molecule has 168 valence electrons. The SMILES string of the molecule is [C-]#[N+]c1cccc(CN2Cc3c(n4c(nc3=O)N(Cc3ccc(C)cc3)CC4)C(F)(F)C2)c1. The lowest BCUT2D eigenvalue weighted by Crippen LogP contribution is -2.45. The molecule has 0 saturated carbocycles. The Bertz CT molecular complexity index is 1310. The zero-order chi connectivity index (χ0) is 23.2. The largest absolute Gasteiger partial charge is 0.336 e. The summed E-state index contributed by atoms with van der Waals surface area (Å²) in [6.07, 6.45) is 0. The van der Waals surface area contributed by atoms with E-state index in [-0.39, 0.29) is 24.3 Å². The molecule has 2 aromatic carbocycles. The quantitative estimate of drug-likeness (QED) is 0.562. The second-order valence-corrected chi connectivity index (χ2v) is 8.73. The summed E-state index contributed by atoms with van der Waals surface area (Å²) in [5.74, 6) is -2.86. The summed E-state index contributed by atoms with van der Waals surface area (Å²) in [4.78, 5) is 24.0. The average molecular weight is 447 g/mol. The number of benzene rings is 2. The average Bonchev–Trinajstić information content (AvgIpc) is 3.16. The molecule has 0 aliphatic carbocycles. The standard InChI is InChI=1S/C25H23F2N5O/c1-17-6-8-18(9-7-17)14-31-10-11-32-22-21(23(33)29-24(31)32)15-30(16-25(22,26)27)13-19-4-3-5-20(12-19)28-2/h3-9,12H,10-11,13-16H2,1H3. The maximum absolute atomic E-state index is 15.4. The van der Waals surface area contributed by atoms with Gasteiger partial charge in [0.2, 0.25) is 5.95 Å². The number of anilines is 1. The highest BCUT2D eigenvalue weighted by Crippen LogP contribution is 2.38. The fraction of sp³-hybridized carbons (Fsp3) is 0.320. The van der Waals surface area contributed by atoms with Gasteiger partial charge in [-0.1, -0.05) is 54.1 Å². The topological polar surface area (TPSA) is 45.7 Å². The van der Waals surface area contributed by atoms with Crippen molar-refractivity contribution in [3.63, 3.8) is 0 Å². The van der Waals surface area contributed by atoms with Crippen molar-refractivity contribution in [2.45, 2.75) is 39.0 Å². The number of hydrogen-bond donors (Lipinski definition) is 0. The third-order valence-electron chi connectivity index (χ3n) is 6.22. The second kappa shape index (κ2) is 8.09. The Morgan fingerprint density at radius 1 is 1.09 bits per heavy atom. The van der Waals surface area contributed by atoms with Gasteiger partial charge in [-0.25, -0.2) is 4.85 Å². The van der Waals surface area contributed by atoms with Crippen LogP contribution in [0.15, 0.2) is 53.3 Å². The lowest BCUT2D eigenvalue weighted by molar-refractivity contribution is -0.0621. The molecule has 3 aromatic rings. The van der Waals surface area contributed by atoms with Crippen LogP contribution in [0, 0.1) is 13.5 Å². The van der Waals surface area contributed by atoms with E-state index in [2.05, 4.69) is 9.83 Å². The number of nitrogens with zero attached hydrogens (tertiary/aromatic N) is 5. The summed E-state index contributed by atoms with van der Waals surface area (Å²) in [5.41, 5.74) is 2.69. The van der Waals surface area contributed by atoms with Crippen molar-refractivity contribution in [3.05, 3.63) is 98.2 Å². The molecule has 0 N–H and O–H groups in total. The number of aromatic nitrogens is 2. The summed E-state index contributed by atoms with van der Waals surface area (Å²) in [5, 5.41) is 0. The van der Waals surface area contributed by atoms with Crippen molar-refractivity contribution in [1.29, 1.82) is 0 Å². The van der Waals surface area contributed by atoms with Crippen LogP contribution in [-0.4, -0.2) is 27.5 Å². The summed E-state index contributed by atoms with van der Waals surface area (Å²) in [6, 6.07) is 14.9. The molecule has 0 unspecified atom stereocenters. The van der Waals surface area contributed by atoms with Gasteiger partial charge >= 0.3 is 5.92 Å². The van der Waals surface area contributed by atoms with Gasteiger partial charge in [0.05, 0.1) is 18.7 Å². The molecule has 8 heteroatoms. The Hall–Kier alpha value is -3.57. The molecule has 0 atom stereocenters. The molecule has 3 heterocycles. The first kappa shape index (κ1) is 21.3. The van der Waals surface area contributed by atoms with Crippen LogP contribution in [0.5, 0.6) is 0 Å². The number of halogens is 2. The van der Waals surface area contributed by atoms with Gasteiger partial charge in [0.15, 0.2) is 5.69 Å². The molecule has 1 aromatic heterocycles. The van der Waals surface area contributed by atoms with Gasteiger partial charge in [0.25, 0.3) is 5.56 Å². The van der Waals surface area contributed by atoms with Gasteiger partial charge in [-0.05, 0) is 18.1 Å². The molecule has 6 nitrogen and oxygen atoms in total. The number of hydrogen-bond acceptors (Lipinski definition) is 4. The van der Waals surface area contributed by atoms with Crippen LogP contribution >= 0.6 is 0 Å². The first-order chi connectivity index (χ1) is 15.8. The van der Waals surface area contributed by atoms with E-state index < -0.39 is 18.0 Å². The predicted octanol–water partition coefficient (Wildman–Crippen LogP) is 4.23. The van der Waals surface area contributed by atoms with Crippen molar-refractivity contribution < 1.29 is 8.78 Å². The molecule has 0 saturated heterocycles. The van der Waals surface area contributed by atoms with E-state index in [1.165, 1.54) is 4.57 Å². The number of rotatable bonds is 4. The first-order valence-electron chi connectivity index (χ1n) is 10.9. The number of aryl methyl sites for hydroxylation is 1. The predicted molar refractivity (Wildman–Crippen MR) is 121 cm³/mol. The molecule has 2 aliphatic rings. The van der Waals surface area contributed by atoms with Crippen LogP contribution in [0.1, 0.15) is 27.9 Å². The van der Waals surface area contributed by atoms with Crippen molar-refractivity contribution in [2.24, 2.45) is 0 Å². The van der Waals surface area contributed by atoms with Gasteiger partial charge in [-0.3, -0.25) is 9.69 Å². The Balaban J connectivity index is 1.45. The second-order valence-electron chi connectivity index (χ2n) is 8.73. The van der Waals surface area contributed by atoms with Gasteiger partial charge < -0.3 is 9.47 Å². The minimum atomic E-state index is -3.18. The van der Waals surface area contributed by atoms with Crippen LogP contribution in [0.2, 0.25) is 0 Å². The normalized spacial score (nSPS) is 16.8. The lowest BCUT2D eigenvalue weighted by atomic mass is 10.0. The van der Waals surface area contributed by atoms with E-state index in [1.54, 1.807) is 29.2 Å². The Labute approximate surface area is 190 Å². The molecule has 0 amide bonds. The van der Waals surface area contributed by atoms with Crippen LogP contribution in [-0.2, 0) is 32.1 Å². The highest BCUT2D eigenvalue weighted by atomic mass is 19.3. The summed E-state index contributed by atoms with van der Waals surface area (Å²) < 4.78 is 32.4. The molecule has 0 spiro atoms. The fourth-order valence-electron chi connectivity index (χ4n) is 4.71. The van der Waals surface area contributed by atoms with Crippen molar-refractivity contribution in [1.82, 2.24) is 14.5 Å². The fourth-order valence-corrected chi connectivity index (χ4v) is 4.71. The molecule has 0 bridgehead atoms. The molecule has 5 rings (SSSR count). The zero-order valence-electron chi connectivity index (χ0n) is 18.3. The van der Waals surface area contributed by atoms with Gasteiger partial charge in [-0.2, -0.15) is 13.8 Å². The number of alkyl halides is 2. The van der Waals surface area contributed by atoms with Crippen molar-refractivity contribution in [3.8, 4) is 0 Å². The third-order valence-corrected chi connectivity index (χ3v) is 6.22. The van der Waals surface area contributed by atoms with Crippen molar-refractivity contribution >= 4 is 11.6 Å². The van der Waals surface area contributed by atoms with Gasteiger partial charge in [-0.15, -0.1) is 0 Å². The van der Waals surface area contributed by atoms with Crippen LogP contribution in [0.3, 0.4) is 0 Å². The van der Waals surface area contributed by atoms with Gasteiger partial charge in [0.1, 0.15) is 5.69 Å². The van der Waals surface area contributed by atoms with Crippen LogP contribution in [0.25, 0.3) is 4.85 Å². The van der Waals surface area contributed by atoms with Crippen LogP contribution in [0.4, 0.5) is 20.4 Å². The monoisotopic (exact) mass is 447 g/mol. The maximum Gasteiger partial charge on any atom is 0.300 e. The lowest BCUT2D eigenvalue weighted by Gasteiger charge is -2.35. The van der Waals surface area contributed by atoms with Crippen LogP contribution < -0.4 is 10.5 Å². The molecular weight excluding hydrogens is 424 g/mol. The third kappa shape index (κ3) is 4.00. The summed E-state index contributed by atoms with van der Waals surface area (Å²) >= 11 is 0. The van der Waals surface area contributed by atoms with E-state index >= 15 is 8.78 Å². The molecule has 0 radical (unpaired) electrons. The smallest absolute Gasteiger partial charge is 0.300 e. The van der Waals surface area contributed by atoms with E-state index in [0.29, 0.717) is 31.3 Å². The zero-order valence-corrected chi connectivity index (χ0v) is 18.3. The summed E-state index contributed by atoms with van der Waals surface area (Å²) in [6.45, 7) is 10.4. The Morgan fingerprint density at radius 2 is 1.88 bits per heavy atom. The molecule has 0 fully saturated rings. The van der Waals surface area contributed by atoms with E-state index in [4.69, 9.17) is 6.57 Å². The Morgan fingerprint density at radius 3 is 2.64 bits per heavy atom. The number of fused-ring (bicyclic) bond motifs is 3. The maximum atomic E-state index is 15.4. The van der Waals surface area contributed by atoms with E-state index in [1.807, 2.05) is 36.1 Å². The Kier molecular flexibility index (Phi) is 5.22. The summed E-state index contributed by atoms with van der Waals surface area (Å²) in [7, 11) is 0. The van der Waals surface area contributed by atoms with E-state index in [9.17, 15) is 4.79 Å². The minimum Gasteiger partial charge on any atom is -0.336 e.